The number of imidazole rings is 1. The van der Waals surface area contributed by atoms with Crippen LogP contribution < -0.4 is 4.90 Å². The van der Waals surface area contributed by atoms with Crippen LogP contribution in [-0.4, -0.2) is 35.8 Å². The molecule has 1 fully saturated rings. The van der Waals surface area contributed by atoms with Crippen molar-refractivity contribution in [1.82, 2.24) is 9.97 Å². The molecule has 3 heterocycles. The number of rotatable bonds is 4. The quantitative estimate of drug-likeness (QED) is 0.663. The summed E-state index contributed by atoms with van der Waals surface area (Å²) in [7, 11) is -2.87. The van der Waals surface area contributed by atoms with E-state index in [-0.39, 0.29) is 29.4 Å². The van der Waals surface area contributed by atoms with Gasteiger partial charge in [0.05, 0.1) is 34.9 Å². The Bertz CT molecular complexity index is 1260. The van der Waals surface area contributed by atoms with Gasteiger partial charge in [0.2, 0.25) is 0 Å². The van der Waals surface area contributed by atoms with E-state index < -0.39 is 9.84 Å². The topological polar surface area (TPSA) is 83.1 Å². The summed E-state index contributed by atoms with van der Waals surface area (Å²) < 4.78 is 23.5. The molecular formula is C24H25N3O3S. The lowest BCUT2D eigenvalue weighted by Gasteiger charge is -2.28. The zero-order valence-electron chi connectivity index (χ0n) is 17.4. The first-order chi connectivity index (χ1) is 14.9. The van der Waals surface area contributed by atoms with E-state index in [1.807, 2.05) is 23.1 Å². The molecule has 5 rings (SSSR count). The molecule has 1 N–H and O–H groups in total. The van der Waals surface area contributed by atoms with Gasteiger partial charge in [0.25, 0.3) is 5.91 Å². The highest BCUT2D eigenvalue weighted by Gasteiger charge is 2.34. The van der Waals surface area contributed by atoms with Crippen molar-refractivity contribution < 1.29 is 13.2 Å². The van der Waals surface area contributed by atoms with Crippen molar-refractivity contribution >= 4 is 32.5 Å². The predicted octanol–water partition coefficient (Wildman–Crippen LogP) is 4.28. The average Bonchev–Trinajstić information content (AvgIpc) is 3.37. The number of hydrogen-bond acceptors (Lipinski definition) is 4. The highest BCUT2D eigenvalue weighted by Crippen LogP contribution is 2.40. The number of nitrogens with one attached hydrogen (secondary N) is 1. The van der Waals surface area contributed by atoms with Gasteiger partial charge < -0.3 is 4.98 Å². The molecule has 0 radical (unpaired) electrons. The first kappa shape index (κ1) is 20.0. The number of anilines is 1. The number of aromatic amines is 1. The second-order valence-corrected chi connectivity index (χ2v) is 10.7. The van der Waals surface area contributed by atoms with Gasteiger partial charge in [-0.2, -0.15) is 0 Å². The third-order valence-corrected chi connectivity index (χ3v) is 8.24. The lowest BCUT2D eigenvalue weighted by atomic mass is 9.90. The van der Waals surface area contributed by atoms with Gasteiger partial charge in [0.1, 0.15) is 9.84 Å². The van der Waals surface area contributed by atoms with Crippen molar-refractivity contribution in [3.8, 4) is 0 Å². The van der Waals surface area contributed by atoms with Gasteiger partial charge in [-0.15, -0.1) is 0 Å². The third-order valence-electron chi connectivity index (χ3n) is 6.52. The molecule has 3 aromatic rings. The molecule has 2 aliphatic rings. The van der Waals surface area contributed by atoms with E-state index in [1.165, 1.54) is 5.56 Å². The zero-order chi connectivity index (χ0) is 21.6. The molecule has 1 unspecified atom stereocenters. The number of amides is 1. The Morgan fingerprint density at radius 1 is 1.06 bits per heavy atom. The monoisotopic (exact) mass is 435 g/mol. The van der Waals surface area contributed by atoms with Crippen LogP contribution in [0.1, 0.15) is 49.3 Å². The van der Waals surface area contributed by atoms with Crippen LogP contribution in [0.2, 0.25) is 0 Å². The molecular weight excluding hydrogens is 410 g/mol. The van der Waals surface area contributed by atoms with Crippen LogP contribution in [0.15, 0.2) is 60.4 Å². The van der Waals surface area contributed by atoms with E-state index in [0.717, 1.165) is 34.3 Å². The summed E-state index contributed by atoms with van der Waals surface area (Å²) in [5, 5.41) is 0. The fraction of sp³-hybridized carbons (Fsp3) is 0.333. The molecule has 1 atom stereocenters. The molecule has 1 saturated heterocycles. The lowest BCUT2D eigenvalue weighted by Crippen LogP contribution is -2.29. The number of hydrogen-bond donors (Lipinski definition) is 1. The van der Waals surface area contributed by atoms with Crippen LogP contribution in [0.3, 0.4) is 0 Å². The van der Waals surface area contributed by atoms with Crippen LogP contribution in [0.5, 0.6) is 0 Å². The van der Waals surface area contributed by atoms with Crippen molar-refractivity contribution in [3.05, 3.63) is 71.6 Å². The molecule has 0 spiro atoms. The summed E-state index contributed by atoms with van der Waals surface area (Å²) in [6, 6.07) is 14.1. The van der Waals surface area contributed by atoms with Gasteiger partial charge in [-0.1, -0.05) is 31.2 Å². The maximum Gasteiger partial charge on any atom is 0.251 e. The van der Waals surface area contributed by atoms with Gasteiger partial charge in [-0.3, -0.25) is 9.69 Å². The minimum Gasteiger partial charge on any atom is -0.345 e. The first-order valence-corrected chi connectivity index (χ1v) is 12.5. The molecule has 0 bridgehead atoms. The van der Waals surface area contributed by atoms with E-state index in [9.17, 15) is 13.2 Å². The molecule has 1 amide bonds. The number of carbonyl (C=O) groups excluding carboxylic acids is 1. The summed E-state index contributed by atoms with van der Waals surface area (Å²) in [5.41, 5.74) is 5.94. The van der Waals surface area contributed by atoms with Crippen LogP contribution in [0, 0.1) is 0 Å². The maximum absolute atomic E-state index is 12.9. The Labute approximate surface area is 181 Å². The standard InChI is InChI=1S/C24H25N3O3S/c1-2-16-13-23(28)27(20-7-8-21-22(14-20)26-15-25-21)24(16)19-5-3-17(4-6-19)18-9-11-31(29,30)12-10-18/h3-8,13-15,18,24H,2,9-12H2,1H3,(H,25,26). The van der Waals surface area contributed by atoms with E-state index in [2.05, 4.69) is 41.2 Å². The number of nitrogens with zero attached hydrogens (tertiary/aromatic N) is 2. The molecule has 2 aliphatic heterocycles. The van der Waals surface area contributed by atoms with Crippen molar-refractivity contribution in [2.24, 2.45) is 0 Å². The fourth-order valence-electron chi connectivity index (χ4n) is 4.78. The Morgan fingerprint density at radius 3 is 2.48 bits per heavy atom. The SMILES string of the molecule is CCC1=CC(=O)N(c2ccc3nc[nH]c3c2)C1c1ccc(C2CCS(=O)(=O)CC2)cc1. The van der Waals surface area contributed by atoms with Crippen molar-refractivity contribution in [2.75, 3.05) is 16.4 Å². The van der Waals surface area contributed by atoms with Gasteiger partial charge in [0, 0.05) is 11.8 Å². The van der Waals surface area contributed by atoms with Gasteiger partial charge in [-0.25, -0.2) is 13.4 Å². The second kappa shape index (κ2) is 7.64. The molecule has 31 heavy (non-hydrogen) atoms. The predicted molar refractivity (Wildman–Crippen MR) is 122 cm³/mol. The highest BCUT2D eigenvalue weighted by molar-refractivity contribution is 7.91. The highest BCUT2D eigenvalue weighted by atomic mass is 32.2. The van der Waals surface area contributed by atoms with Crippen LogP contribution in [0.4, 0.5) is 5.69 Å². The van der Waals surface area contributed by atoms with E-state index in [1.54, 1.807) is 12.4 Å². The second-order valence-electron chi connectivity index (χ2n) is 8.38. The summed E-state index contributed by atoms with van der Waals surface area (Å²) in [6.07, 6.45) is 5.56. The molecule has 0 saturated carbocycles. The summed E-state index contributed by atoms with van der Waals surface area (Å²) >= 11 is 0. The van der Waals surface area contributed by atoms with Gasteiger partial charge in [0.15, 0.2) is 0 Å². The maximum atomic E-state index is 12.9. The molecule has 1 aromatic heterocycles. The van der Waals surface area contributed by atoms with Gasteiger partial charge in [-0.05, 0) is 60.1 Å². The Morgan fingerprint density at radius 2 is 1.77 bits per heavy atom. The minimum atomic E-state index is -2.87. The van der Waals surface area contributed by atoms with E-state index in [4.69, 9.17) is 0 Å². The smallest absolute Gasteiger partial charge is 0.251 e. The average molecular weight is 436 g/mol. The number of H-pyrrole nitrogens is 1. The van der Waals surface area contributed by atoms with Crippen molar-refractivity contribution in [2.45, 2.75) is 38.1 Å². The number of aromatic nitrogens is 2. The lowest BCUT2D eigenvalue weighted by molar-refractivity contribution is -0.113. The summed E-state index contributed by atoms with van der Waals surface area (Å²) in [6.45, 7) is 2.07. The fourth-order valence-corrected chi connectivity index (χ4v) is 6.27. The molecule has 160 valence electrons. The first-order valence-electron chi connectivity index (χ1n) is 10.7. The Hall–Kier alpha value is -2.93. The molecule has 2 aromatic carbocycles. The van der Waals surface area contributed by atoms with E-state index in [0.29, 0.717) is 12.8 Å². The largest absolute Gasteiger partial charge is 0.345 e. The zero-order valence-corrected chi connectivity index (χ0v) is 18.2. The molecule has 0 aliphatic carbocycles. The van der Waals surface area contributed by atoms with Gasteiger partial charge >= 0.3 is 0 Å². The summed E-state index contributed by atoms with van der Waals surface area (Å²) in [5.74, 6) is 0.803. The molecule has 6 nitrogen and oxygen atoms in total. The van der Waals surface area contributed by atoms with E-state index >= 15 is 0 Å². The van der Waals surface area contributed by atoms with Crippen LogP contribution in [-0.2, 0) is 14.6 Å². The summed E-state index contributed by atoms with van der Waals surface area (Å²) in [4.78, 5) is 22.2. The van der Waals surface area contributed by atoms with Crippen LogP contribution >= 0.6 is 0 Å². The normalized spacial score (nSPS) is 21.6. The van der Waals surface area contributed by atoms with Crippen molar-refractivity contribution in [3.63, 3.8) is 0 Å². The molecule has 7 heteroatoms. The number of benzene rings is 2. The Kier molecular flexibility index (Phi) is 4.93. The van der Waals surface area contributed by atoms with Crippen molar-refractivity contribution in [1.29, 1.82) is 0 Å². The number of sulfone groups is 1. The third kappa shape index (κ3) is 3.67. The number of fused-ring (bicyclic) bond motifs is 1. The number of carbonyl (C=O) groups is 1. The minimum absolute atomic E-state index is 0.0118. The Balaban J connectivity index is 1.46. The van der Waals surface area contributed by atoms with Crippen LogP contribution in [0.25, 0.3) is 11.0 Å².